The van der Waals surface area contributed by atoms with E-state index in [4.69, 9.17) is 4.74 Å². The van der Waals surface area contributed by atoms with E-state index in [1.165, 1.54) is 0 Å². The van der Waals surface area contributed by atoms with Crippen molar-refractivity contribution < 1.29 is 14.3 Å². The van der Waals surface area contributed by atoms with Gasteiger partial charge in [0.15, 0.2) is 0 Å². The van der Waals surface area contributed by atoms with Gasteiger partial charge in [0, 0.05) is 24.5 Å². The van der Waals surface area contributed by atoms with Gasteiger partial charge in [-0.2, -0.15) is 0 Å². The molecule has 1 fully saturated rings. The Labute approximate surface area is 145 Å². The van der Waals surface area contributed by atoms with Crippen LogP contribution in [-0.4, -0.2) is 29.5 Å². The highest BCUT2D eigenvalue weighted by molar-refractivity contribution is 5.90. The molecule has 2 aromatic rings. The van der Waals surface area contributed by atoms with Crippen molar-refractivity contribution >= 4 is 11.9 Å². The lowest BCUT2D eigenvalue weighted by atomic mass is 10.1. The molecule has 3 amide bonds. The number of carbonyl (C=O) groups is 2. The highest BCUT2D eigenvalue weighted by Gasteiger charge is 2.27. The largest absolute Gasteiger partial charge is 0.489 e. The Morgan fingerprint density at radius 3 is 2.80 bits per heavy atom. The summed E-state index contributed by atoms with van der Waals surface area (Å²) >= 11 is 0. The molecule has 3 N–H and O–H groups in total. The van der Waals surface area contributed by atoms with Gasteiger partial charge in [0.1, 0.15) is 18.4 Å². The van der Waals surface area contributed by atoms with Gasteiger partial charge < -0.3 is 20.7 Å². The van der Waals surface area contributed by atoms with E-state index in [0.29, 0.717) is 13.2 Å². The third-order valence-corrected chi connectivity index (χ3v) is 3.96. The van der Waals surface area contributed by atoms with E-state index in [0.717, 1.165) is 16.9 Å². The van der Waals surface area contributed by atoms with E-state index in [2.05, 4.69) is 20.9 Å². The second kappa shape index (κ2) is 7.65. The lowest BCUT2D eigenvalue weighted by Crippen LogP contribution is -2.43. The molecule has 0 spiro atoms. The molecule has 7 nitrogen and oxygen atoms in total. The van der Waals surface area contributed by atoms with Gasteiger partial charge >= 0.3 is 6.03 Å². The maximum absolute atomic E-state index is 12.1. The van der Waals surface area contributed by atoms with E-state index in [9.17, 15) is 9.59 Å². The predicted octanol–water partition coefficient (Wildman–Crippen LogP) is 1.52. The van der Waals surface area contributed by atoms with Crippen LogP contribution in [0, 0.1) is 0 Å². The molecule has 0 radical (unpaired) electrons. The van der Waals surface area contributed by atoms with E-state index >= 15 is 0 Å². The molecule has 2 atom stereocenters. The summed E-state index contributed by atoms with van der Waals surface area (Å²) in [6.45, 7) is 2.65. The highest BCUT2D eigenvalue weighted by atomic mass is 16.5. The Morgan fingerprint density at radius 1 is 1.36 bits per heavy atom. The van der Waals surface area contributed by atoms with Gasteiger partial charge in [-0.15, -0.1) is 0 Å². The highest BCUT2D eigenvalue weighted by Crippen LogP contribution is 2.18. The maximum atomic E-state index is 12.1. The predicted molar refractivity (Wildman–Crippen MR) is 91.9 cm³/mol. The lowest BCUT2D eigenvalue weighted by Gasteiger charge is -2.17. The Hall–Kier alpha value is -3.09. The number of pyridine rings is 1. The van der Waals surface area contributed by atoms with Crippen LogP contribution in [0.3, 0.4) is 0 Å². The minimum atomic E-state index is -0.531. The number of nitrogens with zero attached hydrogens (tertiary/aromatic N) is 1. The van der Waals surface area contributed by atoms with Gasteiger partial charge in [-0.3, -0.25) is 9.78 Å². The Bertz CT molecular complexity index is 734. The molecule has 3 rings (SSSR count). The number of nitrogens with one attached hydrogen (secondary N) is 3. The van der Waals surface area contributed by atoms with Crippen LogP contribution in [0.15, 0.2) is 48.8 Å². The minimum Gasteiger partial charge on any atom is -0.489 e. The average Bonchev–Trinajstić information content (AvgIpc) is 3.08. The Balaban J connectivity index is 1.52. The molecule has 0 bridgehead atoms. The van der Waals surface area contributed by atoms with Crippen molar-refractivity contribution in [3.05, 3.63) is 59.9 Å². The Morgan fingerprint density at radius 2 is 2.16 bits per heavy atom. The first kappa shape index (κ1) is 16.8. The van der Waals surface area contributed by atoms with Crippen molar-refractivity contribution in [2.24, 2.45) is 0 Å². The lowest BCUT2D eigenvalue weighted by molar-refractivity contribution is -0.123. The zero-order valence-electron chi connectivity index (χ0n) is 13.9. The number of hydrogen-bond acceptors (Lipinski definition) is 4. The van der Waals surface area contributed by atoms with E-state index in [-0.39, 0.29) is 18.0 Å². The van der Waals surface area contributed by atoms with Crippen LogP contribution in [0.25, 0.3) is 0 Å². The number of benzene rings is 1. The molecular formula is C18H20N4O3. The zero-order valence-corrected chi connectivity index (χ0v) is 13.9. The second-order valence-electron chi connectivity index (χ2n) is 5.86. The first-order chi connectivity index (χ1) is 12.1. The molecule has 2 heterocycles. The van der Waals surface area contributed by atoms with Crippen LogP contribution in [0.1, 0.15) is 24.1 Å². The van der Waals surface area contributed by atoms with Gasteiger partial charge in [-0.25, -0.2) is 4.79 Å². The molecule has 1 aliphatic heterocycles. The normalized spacial score (nSPS) is 17.3. The van der Waals surface area contributed by atoms with Crippen LogP contribution in [0.2, 0.25) is 0 Å². The molecule has 0 saturated carbocycles. The summed E-state index contributed by atoms with van der Waals surface area (Å²) in [4.78, 5) is 27.2. The molecule has 7 heteroatoms. The Kier molecular flexibility index (Phi) is 5.13. The molecule has 25 heavy (non-hydrogen) atoms. The van der Waals surface area contributed by atoms with Crippen LogP contribution in [0.4, 0.5) is 4.79 Å². The molecule has 1 aliphatic rings. The monoisotopic (exact) mass is 340 g/mol. The fraction of sp³-hybridized carbons (Fsp3) is 0.278. The van der Waals surface area contributed by atoms with Gasteiger partial charge in [0.2, 0.25) is 5.91 Å². The molecule has 1 aromatic carbocycles. The van der Waals surface area contributed by atoms with Crippen LogP contribution in [0.5, 0.6) is 5.75 Å². The molecular weight excluding hydrogens is 320 g/mol. The second-order valence-corrected chi connectivity index (χ2v) is 5.86. The standard InChI is InChI=1S/C18H20N4O3/c1-12(21-17(23)16-10-20-18(24)22-16)14-4-6-15(7-5-14)25-11-13-3-2-8-19-9-13/h2-9,12,16H,10-11H2,1H3,(H,21,23)(H2,20,22,24)/t12-,16-/m0/s1. The molecule has 1 saturated heterocycles. The summed E-state index contributed by atoms with van der Waals surface area (Å²) in [5.41, 5.74) is 1.96. The summed E-state index contributed by atoms with van der Waals surface area (Å²) < 4.78 is 5.72. The number of carbonyl (C=O) groups excluding carboxylic acids is 2. The summed E-state index contributed by atoms with van der Waals surface area (Å²) in [5, 5.41) is 8.02. The maximum Gasteiger partial charge on any atom is 0.315 e. The molecule has 0 unspecified atom stereocenters. The minimum absolute atomic E-state index is 0.169. The van der Waals surface area contributed by atoms with Gasteiger partial charge in [-0.1, -0.05) is 18.2 Å². The topological polar surface area (TPSA) is 92.4 Å². The van der Waals surface area contributed by atoms with Crippen LogP contribution >= 0.6 is 0 Å². The number of ether oxygens (including phenoxy) is 1. The summed E-state index contributed by atoms with van der Waals surface area (Å²) in [5.74, 6) is 0.543. The summed E-state index contributed by atoms with van der Waals surface area (Å²) in [7, 11) is 0. The number of hydrogen-bond donors (Lipinski definition) is 3. The first-order valence-electron chi connectivity index (χ1n) is 8.08. The fourth-order valence-electron chi connectivity index (χ4n) is 2.51. The number of rotatable bonds is 6. The van der Waals surface area contributed by atoms with Crippen LogP contribution < -0.4 is 20.7 Å². The summed E-state index contributed by atoms with van der Waals surface area (Å²) in [6.07, 6.45) is 3.49. The van der Waals surface area contributed by atoms with Crippen molar-refractivity contribution in [1.29, 1.82) is 0 Å². The smallest absolute Gasteiger partial charge is 0.315 e. The molecule has 1 aromatic heterocycles. The van der Waals surface area contributed by atoms with Crippen molar-refractivity contribution in [3.8, 4) is 5.75 Å². The fourth-order valence-corrected chi connectivity index (χ4v) is 2.51. The third-order valence-electron chi connectivity index (χ3n) is 3.96. The van der Waals surface area contributed by atoms with E-state index in [1.807, 2.05) is 43.3 Å². The third kappa shape index (κ3) is 4.47. The SMILES string of the molecule is C[C@H](NC(=O)[C@@H]1CNC(=O)N1)c1ccc(OCc2cccnc2)cc1. The van der Waals surface area contributed by atoms with E-state index in [1.54, 1.807) is 12.4 Å². The quantitative estimate of drug-likeness (QED) is 0.743. The van der Waals surface area contributed by atoms with Crippen molar-refractivity contribution in [3.63, 3.8) is 0 Å². The number of aromatic nitrogens is 1. The van der Waals surface area contributed by atoms with E-state index < -0.39 is 6.04 Å². The van der Waals surface area contributed by atoms with Gasteiger partial charge in [0.05, 0.1) is 6.04 Å². The van der Waals surface area contributed by atoms with Crippen LogP contribution in [-0.2, 0) is 11.4 Å². The molecule has 130 valence electrons. The zero-order chi connectivity index (χ0) is 17.6. The van der Waals surface area contributed by atoms with Crippen molar-refractivity contribution in [2.75, 3.05) is 6.54 Å². The van der Waals surface area contributed by atoms with Gasteiger partial charge in [0.25, 0.3) is 0 Å². The number of urea groups is 1. The number of amides is 3. The van der Waals surface area contributed by atoms with Crippen molar-refractivity contribution in [2.45, 2.75) is 25.6 Å². The average molecular weight is 340 g/mol. The van der Waals surface area contributed by atoms with Crippen molar-refractivity contribution in [1.82, 2.24) is 20.9 Å². The first-order valence-corrected chi connectivity index (χ1v) is 8.08. The molecule has 0 aliphatic carbocycles. The summed E-state index contributed by atoms with van der Waals surface area (Å²) in [6, 6.07) is 10.4. The van der Waals surface area contributed by atoms with Gasteiger partial charge in [-0.05, 0) is 30.7 Å².